The van der Waals surface area contributed by atoms with Crippen molar-refractivity contribution < 1.29 is 13.9 Å². The Hall–Kier alpha value is -2.15. The summed E-state index contributed by atoms with van der Waals surface area (Å²) in [5.41, 5.74) is 6.66. The molecule has 4 nitrogen and oxygen atoms in total. The van der Waals surface area contributed by atoms with E-state index in [1.807, 2.05) is 36.4 Å². The summed E-state index contributed by atoms with van der Waals surface area (Å²) < 4.78 is 21.0. The van der Waals surface area contributed by atoms with Gasteiger partial charge in [-0.05, 0) is 43.0 Å². The molecule has 1 aliphatic rings. The van der Waals surface area contributed by atoms with Gasteiger partial charge in [0.25, 0.3) is 5.91 Å². The molecular formula is C21H22ClFN2O2S. The number of rotatable bonds is 7. The molecule has 0 aliphatic heterocycles. The SMILES string of the molecule is Cl.NC(CNC(=O)c1sc2cccc(F)c2c1COc1ccccc1)C1CC1. The highest BCUT2D eigenvalue weighted by Crippen LogP contribution is 2.34. The minimum Gasteiger partial charge on any atom is -0.489 e. The lowest BCUT2D eigenvalue weighted by atomic mass is 10.1. The van der Waals surface area contributed by atoms with Crippen LogP contribution in [0.4, 0.5) is 4.39 Å². The Kier molecular flexibility index (Phi) is 6.54. The first-order valence-corrected chi connectivity index (χ1v) is 9.86. The van der Waals surface area contributed by atoms with Crippen LogP contribution in [-0.2, 0) is 6.61 Å². The molecule has 1 aromatic heterocycles. The summed E-state index contributed by atoms with van der Waals surface area (Å²) in [6.45, 7) is 0.557. The molecule has 2 aromatic carbocycles. The van der Waals surface area contributed by atoms with Gasteiger partial charge >= 0.3 is 0 Å². The molecule has 28 heavy (non-hydrogen) atoms. The molecule has 3 N–H and O–H groups in total. The van der Waals surface area contributed by atoms with Gasteiger partial charge in [-0.3, -0.25) is 4.79 Å². The van der Waals surface area contributed by atoms with E-state index in [-0.39, 0.29) is 36.8 Å². The van der Waals surface area contributed by atoms with Gasteiger partial charge < -0.3 is 15.8 Å². The zero-order valence-electron chi connectivity index (χ0n) is 15.2. The Morgan fingerprint density at radius 1 is 1.21 bits per heavy atom. The number of carbonyl (C=O) groups excluding carboxylic acids is 1. The lowest BCUT2D eigenvalue weighted by Crippen LogP contribution is -2.38. The number of benzene rings is 2. The first-order valence-electron chi connectivity index (χ1n) is 9.05. The average molecular weight is 421 g/mol. The second kappa shape index (κ2) is 8.90. The van der Waals surface area contributed by atoms with Crippen molar-refractivity contribution in [2.45, 2.75) is 25.5 Å². The van der Waals surface area contributed by atoms with E-state index in [1.165, 1.54) is 17.4 Å². The number of hydrogen-bond donors (Lipinski definition) is 2. The topological polar surface area (TPSA) is 64.3 Å². The van der Waals surface area contributed by atoms with E-state index in [0.29, 0.717) is 34.0 Å². The Morgan fingerprint density at radius 3 is 2.68 bits per heavy atom. The number of amides is 1. The predicted octanol–water partition coefficient (Wildman–Crippen LogP) is 4.51. The molecule has 4 rings (SSSR count). The van der Waals surface area contributed by atoms with E-state index < -0.39 is 0 Å². The van der Waals surface area contributed by atoms with Crippen molar-refractivity contribution >= 4 is 39.7 Å². The lowest BCUT2D eigenvalue weighted by Gasteiger charge is -2.12. The summed E-state index contributed by atoms with van der Waals surface area (Å²) in [5.74, 6) is 0.615. The van der Waals surface area contributed by atoms with E-state index in [0.717, 1.165) is 17.5 Å². The Morgan fingerprint density at radius 2 is 1.96 bits per heavy atom. The van der Waals surface area contributed by atoms with Crippen LogP contribution >= 0.6 is 23.7 Å². The molecule has 0 bridgehead atoms. The maximum atomic E-state index is 14.5. The van der Waals surface area contributed by atoms with Gasteiger partial charge in [0.05, 0.1) is 4.88 Å². The largest absolute Gasteiger partial charge is 0.489 e. The number of para-hydroxylation sites is 1. The smallest absolute Gasteiger partial charge is 0.261 e. The average Bonchev–Trinajstić information content (AvgIpc) is 3.46. The number of nitrogens with one attached hydrogen (secondary N) is 1. The van der Waals surface area contributed by atoms with Gasteiger partial charge in [0, 0.05) is 28.2 Å². The molecule has 0 radical (unpaired) electrons. The molecule has 1 unspecified atom stereocenters. The standard InChI is InChI=1S/C21H21FN2O2S.ClH/c22-16-7-4-8-18-19(16)15(12-26-14-5-2-1-3-6-14)20(27-18)21(25)24-11-17(23)13-9-10-13;/h1-8,13,17H,9-12,23H2,(H,24,25);1H. The van der Waals surface area contributed by atoms with Gasteiger partial charge in [-0.15, -0.1) is 23.7 Å². The highest BCUT2D eigenvalue weighted by atomic mass is 35.5. The first-order chi connectivity index (χ1) is 13.1. The van der Waals surface area contributed by atoms with Crippen molar-refractivity contribution in [3.05, 3.63) is 64.8 Å². The molecule has 1 fully saturated rings. The quantitative estimate of drug-likeness (QED) is 0.591. The maximum Gasteiger partial charge on any atom is 0.261 e. The van der Waals surface area contributed by atoms with Gasteiger partial charge in [0.2, 0.25) is 0 Å². The Labute approximate surface area is 173 Å². The molecule has 0 saturated heterocycles. The van der Waals surface area contributed by atoms with Crippen LogP contribution in [0.15, 0.2) is 48.5 Å². The molecule has 0 spiro atoms. The Bertz CT molecular complexity index is 960. The van der Waals surface area contributed by atoms with Crippen LogP contribution < -0.4 is 15.8 Å². The number of nitrogens with two attached hydrogens (primary N) is 1. The number of halogens is 2. The summed E-state index contributed by atoms with van der Waals surface area (Å²) in [6.07, 6.45) is 2.25. The van der Waals surface area contributed by atoms with Crippen molar-refractivity contribution in [1.29, 1.82) is 0 Å². The van der Waals surface area contributed by atoms with Crippen LogP contribution in [0.3, 0.4) is 0 Å². The summed E-state index contributed by atoms with van der Waals surface area (Å²) in [5, 5.41) is 3.36. The van der Waals surface area contributed by atoms with Crippen molar-refractivity contribution in [1.82, 2.24) is 5.32 Å². The van der Waals surface area contributed by atoms with Gasteiger partial charge in [0.1, 0.15) is 18.2 Å². The third-order valence-electron chi connectivity index (χ3n) is 4.82. The summed E-state index contributed by atoms with van der Waals surface area (Å²) in [7, 11) is 0. The monoisotopic (exact) mass is 420 g/mol. The number of hydrogen-bond acceptors (Lipinski definition) is 4. The van der Waals surface area contributed by atoms with Gasteiger partial charge in [-0.1, -0.05) is 24.3 Å². The fourth-order valence-electron chi connectivity index (χ4n) is 3.14. The molecule has 3 aromatic rings. The van der Waals surface area contributed by atoms with E-state index in [9.17, 15) is 9.18 Å². The van der Waals surface area contributed by atoms with Crippen LogP contribution in [0.1, 0.15) is 28.1 Å². The number of carbonyl (C=O) groups is 1. The highest BCUT2D eigenvalue weighted by Gasteiger charge is 2.29. The van der Waals surface area contributed by atoms with Crippen molar-refractivity contribution in [3.8, 4) is 5.75 Å². The minimum atomic E-state index is -0.343. The van der Waals surface area contributed by atoms with Crippen molar-refractivity contribution in [3.63, 3.8) is 0 Å². The second-order valence-corrected chi connectivity index (χ2v) is 7.89. The van der Waals surface area contributed by atoms with E-state index >= 15 is 0 Å². The zero-order valence-corrected chi connectivity index (χ0v) is 16.8. The molecular weight excluding hydrogens is 399 g/mol. The predicted molar refractivity (Wildman–Crippen MR) is 113 cm³/mol. The van der Waals surface area contributed by atoms with Crippen molar-refractivity contribution in [2.75, 3.05) is 6.54 Å². The molecule has 1 atom stereocenters. The number of thiophene rings is 1. The lowest BCUT2D eigenvalue weighted by molar-refractivity contribution is 0.0952. The normalized spacial score (nSPS) is 14.4. The maximum absolute atomic E-state index is 14.5. The molecule has 148 valence electrons. The van der Waals surface area contributed by atoms with Crippen molar-refractivity contribution in [2.24, 2.45) is 11.7 Å². The van der Waals surface area contributed by atoms with Crippen LogP contribution in [0.2, 0.25) is 0 Å². The van der Waals surface area contributed by atoms with E-state index in [4.69, 9.17) is 10.5 Å². The summed E-state index contributed by atoms with van der Waals surface area (Å²) in [6, 6.07) is 14.2. The van der Waals surface area contributed by atoms with Crippen LogP contribution in [-0.4, -0.2) is 18.5 Å². The van der Waals surface area contributed by atoms with E-state index in [2.05, 4.69) is 5.32 Å². The molecule has 1 heterocycles. The van der Waals surface area contributed by atoms with E-state index in [1.54, 1.807) is 6.07 Å². The number of ether oxygens (including phenoxy) is 1. The fourth-order valence-corrected chi connectivity index (χ4v) is 4.28. The molecule has 1 saturated carbocycles. The third-order valence-corrected chi connectivity index (χ3v) is 6.02. The summed E-state index contributed by atoms with van der Waals surface area (Å²) >= 11 is 1.28. The zero-order chi connectivity index (χ0) is 18.8. The van der Waals surface area contributed by atoms with Crippen LogP contribution in [0, 0.1) is 11.7 Å². The Balaban J connectivity index is 0.00000225. The molecule has 1 amide bonds. The minimum absolute atomic E-state index is 0. The number of fused-ring (bicyclic) bond motifs is 1. The highest BCUT2D eigenvalue weighted by molar-refractivity contribution is 7.21. The molecule has 7 heteroatoms. The summed E-state index contributed by atoms with van der Waals surface area (Å²) in [4.78, 5) is 13.3. The fraction of sp³-hybridized carbons (Fsp3) is 0.286. The van der Waals surface area contributed by atoms with Crippen LogP contribution in [0.5, 0.6) is 5.75 Å². The third kappa shape index (κ3) is 4.46. The molecule has 1 aliphatic carbocycles. The van der Waals surface area contributed by atoms with Gasteiger partial charge in [0.15, 0.2) is 0 Å². The first kappa shape index (κ1) is 20.6. The van der Waals surface area contributed by atoms with Gasteiger partial charge in [-0.25, -0.2) is 4.39 Å². The van der Waals surface area contributed by atoms with Gasteiger partial charge in [-0.2, -0.15) is 0 Å². The van der Waals surface area contributed by atoms with Crippen LogP contribution in [0.25, 0.3) is 10.1 Å². The second-order valence-electron chi connectivity index (χ2n) is 6.84.